The summed E-state index contributed by atoms with van der Waals surface area (Å²) in [6, 6.07) is 8.02. The average molecular weight is 514 g/mol. The highest BCUT2D eigenvalue weighted by Crippen LogP contribution is 2.26. The second kappa shape index (κ2) is 7.95. The lowest BCUT2D eigenvalue weighted by Gasteiger charge is -2.33. The second-order valence-electron chi connectivity index (χ2n) is 7.26. The lowest BCUT2D eigenvalue weighted by Crippen LogP contribution is -2.50. The molecular weight excluding hydrogens is 494 g/mol. The molecule has 0 spiro atoms. The molecular formula is C19H20BrN3O5S2. The largest absolute Gasteiger partial charge is 0.444 e. The van der Waals surface area contributed by atoms with Crippen LogP contribution < -0.4 is 4.87 Å². The van der Waals surface area contributed by atoms with E-state index in [-0.39, 0.29) is 53.7 Å². The number of furan rings is 1. The van der Waals surface area contributed by atoms with Crippen LogP contribution in [0.3, 0.4) is 0 Å². The van der Waals surface area contributed by atoms with E-state index in [1.807, 2.05) is 13.8 Å². The Kier molecular flexibility index (Phi) is 5.64. The summed E-state index contributed by atoms with van der Waals surface area (Å²) in [4.78, 5) is 26.4. The number of piperazine rings is 1. The van der Waals surface area contributed by atoms with Gasteiger partial charge in [0.2, 0.25) is 10.0 Å². The minimum Gasteiger partial charge on any atom is -0.444 e. The van der Waals surface area contributed by atoms with E-state index < -0.39 is 10.0 Å². The molecule has 1 aromatic carbocycles. The lowest BCUT2D eigenvalue weighted by atomic mass is 10.3. The number of carbonyl (C=O) groups excluding carboxylic acids is 1. The number of carbonyl (C=O) groups is 1. The fourth-order valence-electron chi connectivity index (χ4n) is 3.53. The Hall–Kier alpha value is -1.95. The van der Waals surface area contributed by atoms with Crippen molar-refractivity contribution in [1.82, 2.24) is 13.8 Å². The molecule has 0 N–H and O–H groups in total. The summed E-state index contributed by atoms with van der Waals surface area (Å²) >= 11 is 4.22. The molecule has 1 aliphatic rings. The van der Waals surface area contributed by atoms with Gasteiger partial charge in [0.05, 0.1) is 15.1 Å². The molecule has 1 aliphatic heterocycles. The van der Waals surface area contributed by atoms with E-state index in [2.05, 4.69) is 15.9 Å². The maximum atomic E-state index is 13.1. The van der Waals surface area contributed by atoms with Gasteiger partial charge in [0.15, 0.2) is 10.4 Å². The number of nitrogens with zero attached hydrogens (tertiary/aromatic N) is 3. The minimum absolute atomic E-state index is 0.00546. The monoisotopic (exact) mass is 513 g/mol. The Morgan fingerprint density at radius 3 is 2.43 bits per heavy atom. The Morgan fingerprint density at radius 1 is 1.13 bits per heavy atom. The number of rotatable bonds is 4. The highest BCUT2D eigenvalue weighted by Gasteiger charge is 2.31. The maximum absolute atomic E-state index is 13.1. The van der Waals surface area contributed by atoms with E-state index in [9.17, 15) is 18.0 Å². The van der Waals surface area contributed by atoms with Crippen molar-refractivity contribution in [3.05, 3.63) is 50.4 Å². The van der Waals surface area contributed by atoms with Gasteiger partial charge in [-0.1, -0.05) is 11.3 Å². The zero-order valence-electron chi connectivity index (χ0n) is 16.4. The van der Waals surface area contributed by atoms with Gasteiger partial charge in [-0.25, -0.2) is 8.42 Å². The van der Waals surface area contributed by atoms with Crippen LogP contribution in [0.2, 0.25) is 0 Å². The minimum atomic E-state index is -3.73. The van der Waals surface area contributed by atoms with Crippen molar-refractivity contribution in [1.29, 1.82) is 0 Å². The summed E-state index contributed by atoms with van der Waals surface area (Å²) in [7, 11) is -3.73. The summed E-state index contributed by atoms with van der Waals surface area (Å²) in [5.41, 5.74) is 0.735. The van der Waals surface area contributed by atoms with Gasteiger partial charge in [-0.15, -0.1) is 0 Å². The number of amides is 1. The first kappa shape index (κ1) is 21.3. The zero-order valence-corrected chi connectivity index (χ0v) is 19.6. The van der Waals surface area contributed by atoms with Gasteiger partial charge in [-0.3, -0.25) is 14.2 Å². The van der Waals surface area contributed by atoms with Crippen molar-refractivity contribution in [2.45, 2.75) is 24.8 Å². The first-order valence-electron chi connectivity index (χ1n) is 9.38. The molecule has 0 saturated carbocycles. The number of hydrogen-bond donors (Lipinski definition) is 0. The predicted octanol–water partition coefficient (Wildman–Crippen LogP) is 3.15. The molecule has 1 amide bonds. The van der Waals surface area contributed by atoms with Crippen LogP contribution in [0.25, 0.3) is 10.2 Å². The van der Waals surface area contributed by atoms with E-state index in [1.165, 1.54) is 4.31 Å². The topological polar surface area (TPSA) is 92.8 Å². The van der Waals surface area contributed by atoms with Crippen LogP contribution in [0.15, 0.2) is 49.1 Å². The van der Waals surface area contributed by atoms with Crippen molar-refractivity contribution in [2.75, 3.05) is 26.2 Å². The standard InChI is InChI=1S/C19H20BrN3O5S2/c1-12(2)23-14-4-3-13(11-16(14)29-19(23)25)30(26,27)22-9-7-21(8-10-22)18(24)15-5-6-17(20)28-15/h3-6,11-12H,7-10H2,1-2H3. The normalized spacial score (nSPS) is 15.9. The molecule has 4 rings (SSSR count). The fraction of sp³-hybridized carbons (Fsp3) is 0.368. The SMILES string of the molecule is CC(C)n1c(=O)sc2cc(S(=O)(=O)N3CCN(C(=O)c4ccc(Br)o4)CC3)ccc21. The average Bonchev–Trinajstić information content (AvgIpc) is 3.29. The van der Waals surface area contributed by atoms with Crippen LogP contribution in [0.4, 0.5) is 0 Å². The highest BCUT2D eigenvalue weighted by molar-refractivity contribution is 9.10. The Morgan fingerprint density at radius 2 is 1.83 bits per heavy atom. The molecule has 0 unspecified atom stereocenters. The van der Waals surface area contributed by atoms with Crippen LogP contribution in [-0.2, 0) is 10.0 Å². The number of sulfonamides is 1. The van der Waals surface area contributed by atoms with Gasteiger partial charge in [-0.2, -0.15) is 4.31 Å². The van der Waals surface area contributed by atoms with Crippen molar-refractivity contribution in [3.8, 4) is 0 Å². The Bertz CT molecular complexity index is 1270. The quantitative estimate of drug-likeness (QED) is 0.534. The van der Waals surface area contributed by atoms with Gasteiger partial charge in [0, 0.05) is 32.2 Å². The summed E-state index contributed by atoms with van der Waals surface area (Å²) in [6.45, 7) is 4.76. The molecule has 11 heteroatoms. The van der Waals surface area contributed by atoms with Crippen molar-refractivity contribution < 1.29 is 17.6 Å². The lowest BCUT2D eigenvalue weighted by molar-refractivity contribution is 0.0664. The third kappa shape index (κ3) is 3.75. The first-order chi connectivity index (χ1) is 14.2. The number of halogens is 1. The molecule has 0 atom stereocenters. The van der Waals surface area contributed by atoms with E-state index in [4.69, 9.17) is 4.42 Å². The predicted molar refractivity (Wildman–Crippen MR) is 118 cm³/mol. The summed E-state index contributed by atoms with van der Waals surface area (Å²) in [6.07, 6.45) is 0. The molecule has 1 fully saturated rings. The molecule has 0 radical (unpaired) electrons. The number of hydrogen-bond acceptors (Lipinski definition) is 6. The molecule has 1 saturated heterocycles. The summed E-state index contributed by atoms with van der Waals surface area (Å²) in [5, 5.41) is 0. The van der Waals surface area contributed by atoms with Gasteiger partial charge >= 0.3 is 4.87 Å². The number of fused-ring (bicyclic) bond motifs is 1. The summed E-state index contributed by atoms with van der Waals surface area (Å²) < 4.78 is 35.7. The highest BCUT2D eigenvalue weighted by atomic mass is 79.9. The fourth-order valence-corrected chi connectivity index (χ4v) is 6.41. The van der Waals surface area contributed by atoms with Crippen LogP contribution >= 0.6 is 27.3 Å². The second-order valence-corrected chi connectivity index (χ2v) is 11.0. The van der Waals surface area contributed by atoms with Crippen molar-refractivity contribution in [2.24, 2.45) is 0 Å². The third-order valence-corrected chi connectivity index (χ3v) is 8.29. The third-order valence-electron chi connectivity index (χ3n) is 5.05. The van der Waals surface area contributed by atoms with Gasteiger partial charge in [0.25, 0.3) is 5.91 Å². The van der Waals surface area contributed by atoms with Crippen molar-refractivity contribution >= 4 is 53.4 Å². The van der Waals surface area contributed by atoms with Crippen LogP contribution in [-0.4, -0.2) is 54.3 Å². The molecule has 160 valence electrons. The molecule has 3 aromatic rings. The number of thiazole rings is 1. The smallest absolute Gasteiger partial charge is 0.308 e. The van der Waals surface area contributed by atoms with Crippen molar-refractivity contribution in [3.63, 3.8) is 0 Å². The van der Waals surface area contributed by atoms with Crippen LogP contribution in [0.5, 0.6) is 0 Å². The summed E-state index contributed by atoms with van der Waals surface area (Å²) in [5.74, 6) is -0.0489. The molecule has 8 nitrogen and oxygen atoms in total. The van der Waals surface area contributed by atoms with Crippen LogP contribution in [0.1, 0.15) is 30.4 Å². The molecule has 30 heavy (non-hydrogen) atoms. The number of aromatic nitrogens is 1. The molecule has 3 heterocycles. The maximum Gasteiger partial charge on any atom is 0.308 e. The number of benzene rings is 1. The van der Waals surface area contributed by atoms with Gasteiger partial charge < -0.3 is 9.32 Å². The molecule has 0 bridgehead atoms. The first-order valence-corrected chi connectivity index (χ1v) is 12.4. The molecule has 2 aromatic heterocycles. The van der Waals surface area contributed by atoms with E-state index in [0.29, 0.717) is 9.37 Å². The Balaban J connectivity index is 1.53. The van der Waals surface area contributed by atoms with E-state index in [1.54, 1.807) is 39.8 Å². The van der Waals surface area contributed by atoms with Gasteiger partial charge in [0.1, 0.15) is 0 Å². The van der Waals surface area contributed by atoms with Crippen LogP contribution in [0, 0.1) is 0 Å². The van der Waals surface area contributed by atoms with E-state index >= 15 is 0 Å². The Labute approximate surface area is 185 Å². The van der Waals surface area contributed by atoms with E-state index in [0.717, 1.165) is 16.9 Å². The van der Waals surface area contributed by atoms with Gasteiger partial charge in [-0.05, 0) is 60.1 Å². The molecule has 0 aliphatic carbocycles. The zero-order chi connectivity index (χ0) is 21.6.